The lowest BCUT2D eigenvalue weighted by atomic mass is 10.2. The Bertz CT molecular complexity index is 632. The van der Waals surface area contributed by atoms with Gasteiger partial charge in [-0.3, -0.25) is 0 Å². The van der Waals surface area contributed by atoms with Crippen LogP contribution < -0.4 is 5.32 Å². The quantitative estimate of drug-likeness (QED) is 0.795. The molecule has 0 aliphatic carbocycles. The number of hydrogen-bond acceptors (Lipinski definition) is 6. The van der Waals surface area contributed by atoms with Gasteiger partial charge in [0.05, 0.1) is 10.4 Å². The summed E-state index contributed by atoms with van der Waals surface area (Å²) in [6, 6.07) is 2.35. The largest absolute Gasteiger partial charge is 0.367 e. The Morgan fingerprint density at radius 3 is 3.00 bits per heavy atom. The lowest BCUT2D eigenvalue weighted by Crippen LogP contribution is -2.18. The number of thiazole rings is 1. The fraction of sp³-hybridized carbons (Fsp3) is 0.250. The van der Waals surface area contributed by atoms with Crippen molar-refractivity contribution in [2.75, 3.05) is 5.32 Å². The number of rotatable bonds is 4. The second-order valence-corrected chi connectivity index (χ2v) is 5.91. The Balaban J connectivity index is 1.77. The standard InChI is InChI=1S/C12H12N4S2/c1-8(6-10-13-3-5-17-10)16-11-9-2-4-18-12(9)15-7-14-11/h2-5,7-8H,6H2,1H3,(H,14,15,16). The van der Waals surface area contributed by atoms with Gasteiger partial charge in [-0.15, -0.1) is 22.7 Å². The topological polar surface area (TPSA) is 50.7 Å². The van der Waals surface area contributed by atoms with Crippen LogP contribution in [-0.2, 0) is 6.42 Å². The first-order valence-electron chi connectivity index (χ1n) is 5.66. The minimum absolute atomic E-state index is 0.300. The highest BCUT2D eigenvalue weighted by molar-refractivity contribution is 7.16. The zero-order valence-corrected chi connectivity index (χ0v) is 11.5. The SMILES string of the molecule is CC(Cc1nccs1)Nc1ncnc2sccc12. The first-order valence-corrected chi connectivity index (χ1v) is 7.42. The molecule has 3 rings (SSSR count). The second kappa shape index (κ2) is 4.99. The van der Waals surface area contributed by atoms with Crippen LogP contribution in [0.5, 0.6) is 0 Å². The van der Waals surface area contributed by atoms with Crippen LogP contribution in [0.3, 0.4) is 0 Å². The molecular formula is C12H12N4S2. The van der Waals surface area contributed by atoms with Gasteiger partial charge in [0.2, 0.25) is 0 Å². The van der Waals surface area contributed by atoms with E-state index in [0.717, 1.165) is 27.5 Å². The van der Waals surface area contributed by atoms with E-state index in [9.17, 15) is 0 Å². The number of thiophene rings is 1. The van der Waals surface area contributed by atoms with Crippen LogP contribution in [0.1, 0.15) is 11.9 Å². The molecule has 0 aromatic carbocycles. The maximum Gasteiger partial charge on any atom is 0.138 e. The number of aromatic nitrogens is 3. The van der Waals surface area contributed by atoms with Gasteiger partial charge in [0, 0.05) is 24.0 Å². The summed E-state index contributed by atoms with van der Waals surface area (Å²) in [7, 11) is 0. The third kappa shape index (κ3) is 2.34. The van der Waals surface area contributed by atoms with Crippen molar-refractivity contribution in [1.82, 2.24) is 15.0 Å². The smallest absolute Gasteiger partial charge is 0.138 e. The molecule has 0 amide bonds. The fourth-order valence-corrected chi connectivity index (χ4v) is 3.28. The van der Waals surface area contributed by atoms with Gasteiger partial charge in [0.25, 0.3) is 0 Å². The molecule has 0 radical (unpaired) electrons. The highest BCUT2D eigenvalue weighted by Gasteiger charge is 2.09. The minimum Gasteiger partial charge on any atom is -0.367 e. The van der Waals surface area contributed by atoms with Crippen molar-refractivity contribution in [3.8, 4) is 0 Å². The van der Waals surface area contributed by atoms with Crippen LogP contribution in [0.4, 0.5) is 5.82 Å². The van der Waals surface area contributed by atoms with Crippen molar-refractivity contribution >= 4 is 38.7 Å². The Morgan fingerprint density at radius 1 is 1.22 bits per heavy atom. The van der Waals surface area contributed by atoms with E-state index in [-0.39, 0.29) is 0 Å². The first-order chi connectivity index (χ1) is 8.83. The zero-order valence-electron chi connectivity index (χ0n) is 9.83. The lowest BCUT2D eigenvalue weighted by molar-refractivity contribution is 0.780. The van der Waals surface area contributed by atoms with Crippen molar-refractivity contribution in [3.63, 3.8) is 0 Å². The van der Waals surface area contributed by atoms with E-state index < -0.39 is 0 Å². The predicted molar refractivity (Wildman–Crippen MR) is 76.3 cm³/mol. The van der Waals surface area contributed by atoms with Gasteiger partial charge in [-0.2, -0.15) is 0 Å². The van der Waals surface area contributed by atoms with E-state index in [2.05, 4.69) is 33.3 Å². The molecule has 6 heteroatoms. The molecule has 0 aliphatic heterocycles. The third-order valence-electron chi connectivity index (χ3n) is 2.61. The third-order valence-corrected chi connectivity index (χ3v) is 4.23. The summed E-state index contributed by atoms with van der Waals surface area (Å²) in [5.74, 6) is 0.908. The molecule has 1 N–H and O–H groups in total. The average Bonchev–Trinajstić information content (AvgIpc) is 2.99. The summed E-state index contributed by atoms with van der Waals surface area (Å²) in [4.78, 5) is 13.9. The predicted octanol–water partition coefficient (Wildman–Crippen LogP) is 3.19. The molecule has 0 bridgehead atoms. The summed E-state index contributed by atoms with van der Waals surface area (Å²) in [6.45, 7) is 2.14. The van der Waals surface area contributed by atoms with Crippen LogP contribution in [-0.4, -0.2) is 21.0 Å². The Hall–Kier alpha value is -1.53. The second-order valence-electron chi connectivity index (χ2n) is 4.04. The fourth-order valence-electron chi connectivity index (χ4n) is 1.81. The molecule has 4 nitrogen and oxygen atoms in total. The van der Waals surface area contributed by atoms with Gasteiger partial charge in [0.1, 0.15) is 17.0 Å². The van der Waals surface area contributed by atoms with Crippen molar-refractivity contribution in [3.05, 3.63) is 34.4 Å². The zero-order chi connectivity index (χ0) is 12.4. The molecule has 0 spiro atoms. The maximum atomic E-state index is 4.32. The first kappa shape index (κ1) is 11.6. The molecule has 3 aromatic heterocycles. The Morgan fingerprint density at radius 2 is 2.17 bits per heavy atom. The van der Waals surface area contributed by atoms with Crippen LogP contribution in [0.2, 0.25) is 0 Å². The normalized spacial score (nSPS) is 12.7. The van der Waals surface area contributed by atoms with Gasteiger partial charge in [-0.1, -0.05) is 0 Å². The Kier molecular flexibility index (Phi) is 3.21. The van der Waals surface area contributed by atoms with Crippen molar-refractivity contribution in [1.29, 1.82) is 0 Å². The van der Waals surface area contributed by atoms with Gasteiger partial charge < -0.3 is 5.32 Å². The monoisotopic (exact) mass is 276 g/mol. The van der Waals surface area contributed by atoms with Crippen LogP contribution in [0.25, 0.3) is 10.2 Å². The molecule has 0 aliphatic rings. The van der Waals surface area contributed by atoms with E-state index in [4.69, 9.17) is 0 Å². The molecule has 3 heterocycles. The van der Waals surface area contributed by atoms with Gasteiger partial charge >= 0.3 is 0 Å². The maximum absolute atomic E-state index is 4.32. The number of nitrogens with zero attached hydrogens (tertiary/aromatic N) is 3. The molecule has 18 heavy (non-hydrogen) atoms. The summed E-state index contributed by atoms with van der Waals surface area (Å²) in [5.41, 5.74) is 0. The lowest BCUT2D eigenvalue weighted by Gasteiger charge is -2.13. The number of anilines is 1. The highest BCUT2D eigenvalue weighted by atomic mass is 32.1. The molecule has 1 atom stereocenters. The molecular weight excluding hydrogens is 264 g/mol. The summed E-state index contributed by atoms with van der Waals surface area (Å²) in [5, 5.41) is 9.71. The number of fused-ring (bicyclic) bond motifs is 1. The van der Waals surface area contributed by atoms with E-state index >= 15 is 0 Å². The van der Waals surface area contributed by atoms with Gasteiger partial charge in [-0.25, -0.2) is 15.0 Å². The molecule has 0 saturated heterocycles. The molecule has 0 saturated carbocycles. The Labute approximate surface area is 113 Å². The van der Waals surface area contributed by atoms with E-state index in [1.165, 1.54) is 0 Å². The van der Waals surface area contributed by atoms with Crippen LogP contribution >= 0.6 is 22.7 Å². The summed E-state index contributed by atoms with van der Waals surface area (Å²) < 4.78 is 0. The molecule has 0 fully saturated rings. The van der Waals surface area contributed by atoms with E-state index in [1.807, 2.05) is 17.0 Å². The van der Waals surface area contributed by atoms with Crippen LogP contribution in [0.15, 0.2) is 29.4 Å². The molecule has 1 unspecified atom stereocenters. The summed E-state index contributed by atoms with van der Waals surface area (Å²) >= 11 is 3.32. The van der Waals surface area contributed by atoms with E-state index in [1.54, 1.807) is 29.0 Å². The number of hydrogen-bond donors (Lipinski definition) is 1. The van der Waals surface area contributed by atoms with Crippen LogP contribution in [0, 0.1) is 0 Å². The van der Waals surface area contributed by atoms with Crippen molar-refractivity contribution in [2.24, 2.45) is 0 Å². The highest BCUT2D eigenvalue weighted by Crippen LogP contribution is 2.24. The van der Waals surface area contributed by atoms with Crippen molar-refractivity contribution < 1.29 is 0 Å². The minimum atomic E-state index is 0.300. The van der Waals surface area contributed by atoms with Gasteiger partial charge in [-0.05, 0) is 18.4 Å². The van der Waals surface area contributed by atoms with Gasteiger partial charge in [0.15, 0.2) is 0 Å². The number of nitrogens with one attached hydrogen (secondary N) is 1. The summed E-state index contributed by atoms with van der Waals surface area (Å²) in [6.07, 6.45) is 4.36. The molecule has 92 valence electrons. The molecule has 3 aromatic rings. The van der Waals surface area contributed by atoms with E-state index in [0.29, 0.717) is 6.04 Å². The van der Waals surface area contributed by atoms with Crippen molar-refractivity contribution in [2.45, 2.75) is 19.4 Å². The average molecular weight is 276 g/mol.